The highest BCUT2D eigenvalue weighted by molar-refractivity contribution is 5.28. The molecular formula is C11H14O. The van der Waals surface area contributed by atoms with Gasteiger partial charge in [0, 0.05) is 0 Å². The molecule has 1 aliphatic heterocycles. The van der Waals surface area contributed by atoms with E-state index in [2.05, 4.69) is 38.1 Å². The molecule has 0 spiro atoms. The highest BCUT2D eigenvalue weighted by Crippen LogP contribution is 2.31. The molecule has 2 rings (SSSR count). The highest BCUT2D eigenvalue weighted by atomic mass is 16.6. The molecule has 12 heavy (non-hydrogen) atoms. The number of ether oxygens (including phenoxy) is 1. The van der Waals surface area contributed by atoms with Crippen molar-refractivity contribution in [3.8, 4) is 0 Å². The summed E-state index contributed by atoms with van der Waals surface area (Å²) in [6, 6.07) is 8.69. The van der Waals surface area contributed by atoms with Crippen molar-refractivity contribution >= 4 is 0 Å². The van der Waals surface area contributed by atoms with Crippen molar-refractivity contribution in [2.45, 2.75) is 25.9 Å². The van der Waals surface area contributed by atoms with Crippen molar-refractivity contribution < 1.29 is 4.74 Å². The van der Waals surface area contributed by atoms with Crippen molar-refractivity contribution in [3.05, 3.63) is 35.4 Å². The summed E-state index contributed by atoms with van der Waals surface area (Å²) in [6.45, 7) is 5.33. The minimum atomic E-state index is 0.392. The zero-order chi connectivity index (χ0) is 8.55. The summed E-state index contributed by atoms with van der Waals surface area (Å²) in [5.41, 5.74) is 2.74. The molecule has 0 amide bonds. The Kier molecular flexibility index (Phi) is 1.89. The molecule has 0 N–H and O–H groups in total. The second kappa shape index (κ2) is 2.91. The first-order chi connectivity index (χ1) is 5.77. The summed E-state index contributed by atoms with van der Waals surface area (Å²) in [7, 11) is 0. The predicted molar refractivity (Wildman–Crippen MR) is 49.2 cm³/mol. The summed E-state index contributed by atoms with van der Waals surface area (Å²) < 4.78 is 5.23. The van der Waals surface area contributed by atoms with E-state index in [1.54, 1.807) is 0 Å². The van der Waals surface area contributed by atoms with Crippen LogP contribution >= 0.6 is 0 Å². The Balaban J connectivity index is 2.26. The zero-order valence-corrected chi connectivity index (χ0v) is 7.58. The average Bonchev–Trinajstić information content (AvgIpc) is 2.87. The maximum absolute atomic E-state index is 5.23. The second-order valence-corrected chi connectivity index (χ2v) is 3.65. The molecule has 1 fully saturated rings. The number of rotatable bonds is 2. The van der Waals surface area contributed by atoms with E-state index in [1.165, 1.54) is 11.1 Å². The van der Waals surface area contributed by atoms with Gasteiger partial charge in [0.2, 0.25) is 0 Å². The first kappa shape index (κ1) is 7.81. The molecule has 1 aromatic carbocycles. The molecule has 1 nitrogen and oxygen atoms in total. The van der Waals surface area contributed by atoms with Gasteiger partial charge in [-0.05, 0) is 17.0 Å². The van der Waals surface area contributed by atoms with Crippen LogP contribution in [0.3, 0.4) is 0 Å². The summed E-state index contributed by atoms with van der Waals surface area (Å²) in [6.07, 6.45) is 0.392. The fourth-order valence-electron chi connectivity index (χ4n) is 1.36. The molecule has 1 saturated heterocycles. The molecule has 0 radical (unpaired) electrons. The Hall–Kier alpha value is -0.820. The van der Waals surface area contributed by atoms with Gasteiger partial charge in [0.25, 0.3) is 0 Å². The van der Waals surface area contributed by atoms with Gasteiger partial charge in [-0.25, -0.2) is 0 Å². The van der Waals surface area contributed by atoms with Crippen LogP contribution in [0.5, 0.6) is 0 Å². The van der Waals surface area contributed by atoms with Crippen LogP contribution in [0.2, 0.25) is 0 Å². The molecule has 1 heteroatoms. The number of epoxide rings is 1. The quantitative estimate of drug-likeness (QED) is 0.609. The van der Waals surface area contributed by atoms with Crippen LogP contribution in [0.1, 0.15) is 37.0 Å². The molecule has 64 valence electrons. The average molecular weight is 162 g/mol. The van der Waals surface area contributed by atoms with E-state index in [0.29, 0.717) is 12.0 Å². The fraction of sp³-hybridized carbons (Fsp3) is 0.455. The van der Waals surface area contributed by atoms with Gasteiger partial charge in [0.1, 0.15) is 6.10 Å². The number of hydrogen-bond acceptors (Lipinski definition) is 1. The lowest BCUT2D eigenvalue weighted by molar-refractivity contribution is 0.415. The summed E-state index contributed by atoms with van der Waals surface area (Å²) in [5.74, 6) is 0.615. The van der Waals surface area contributed by atoms with Gasteiger partial charge in [0.05, 0.1) is 6.61 Å². The maximum Gasteiger partial charge on any atom is 0.106 e. The van der Waals surface area contributed by atoms with Gasteiger partial charge in [-0.15, -0.1) is 0 Å². The van der Waals surface area contributed by atoms with Crippen molar-refractivity contribution in [3.63, 3.8) is 0 Å². The SMILES string of the molecule is CC(C)c1cccc(C2CO2)c1. The normalized spacial score (nSPS) is 21.4. The van der Waals surface area contributed by atoms with Gasteiger partial charge < -0.3 is 4.74 Å². The van der Waals surface area contributed by atoms with E-state index in [1.807, 2.05) is 0 Å². The van der Waals surface area contributed by atoms with Gasteiger partial charge >= 0.3 is 0 Å². The molecule has 0 bridgehead atoms. The molecule has 0 saturated carbocycles. The Morgan fingerprint density at radius 2 is 2.17 bits per heavy atom. The molecule has 0 aliphatic carbocycles. The molecule has 0 aromatic heterocycles. The summed E-state index contributed by atoms with van der Waals surface area (Å²) in [5, 5.41) is 0. The lowest BCUT2D eigenvalue weighted by Crippen LogP contribution is -1.89. The Labute approximate surface area is 73.4 Å². The van der Waals surface area contributed by atoms with Crippen LogP contribution in [-0.4, -0.2) is 6.61 Å². The molecule has 1 atom stereocenters. The molecule has 1 unspecified atom stereocenters. The Morgan fingerprint density at radius 3 is 2.75 bits per heavy atom. The third-order valence-electron chi connectivity index (χ3n) is 2.28. The van der Waals surface area contributed by atoms with Crippen molar-refractivity contribution in [2.75, 3.05) is 6.61 Å². The van der Waals surface area contributed by atoms with Crippen molar-refractivity contribution in [1.29, 1.82) is 0 Å². The molecular weight excluding hydrogens is 148 g/mol. The largest absolute Gasteiger partial charge is 0.368 e. The number of hydrogen-bond donors (Lipinski definition) is 0. The first-order valence-electron chi connectivity index (χ1n) is 4.49. The van der Waals surface area contributed by atoms with Crippen LogP contribution in [-0.2, 0) is 4.74 Å². The lowest BCUT2D eigenvalue weighted by atomic mass is 10.00. The van der Waals surface area contributed by atoms with Crippen molar-refractivity contribution in [1.82, 2.24) is 0 Å². The van der Waals surface area contributed by atoms with Crippen LogP contribution in [0.4, 0.5) is 0 Å². The zero-order valence-electron chi connectivity index (χ0n) is 7.58. The Morgan fingerprint density at radius 1 is 1.42 bits per heavy atom. The van der Waals surface area contributed by atoms with Gasteiger partial charge in [0.15, 0.2) is 0 Å². The van der Waals surface area contributed by atoms with Crippen LogP contribution in [0.25, 0.3) is 0 Å². The fourth-order valence-corrected chi connectivity index (χ4v) is 1.36. The molecule has 1 heterocycles. The van der Waals surface area contributed by atoms with Gasteiger partial charge in [-0.1, -0.05) is 38.1 Å². The van der Waals surface area contributed by atoms with E-state index in [9.17, 15) is 0 Å². The third kappa shape index (κ3) is 1.51. The standard InChI is InChI=1S/C11H14O/c1-8(2)9-4-3-5-10(6-9)11-7-12-11/h3-6,8,11H,7H2,1-2H3. The predicted octanol–water partition coefficient (Wildman–Crippen LogP) is 2.88. The van der Waals surface area contributed by atoms with Crippen LogP contribution in [0, 0.1) is 0 Å². The van der Waals surface area contributed by atoms with E-state index >= 15 is 0 Å². The summed E-state index contributed by atoms with van der Waals surface area (Å²) >= 11 is 0. The topological polar surface area (TPSA) is 12.5 Å². The van der Waals surface area contributed by atoms with E-state index in [0.717, 1.165) is 6.61 Å². The van der Waals surface area contributed by atoms with Crippen molar-refractivity contribution in [2.24, 2.45) is 0 Å². The third-order valence-corrected chi connectivity index (χ3v) is 2.28. The van der Waals surface area contributed by atoms with E-state index in [4.69, 9.17) is 4.74 Å². The first-order valence-corrected chi connectivity index (χ1v) is 4.49. The second-order valence-electron chi connectivity index (χ2n) is 3.65. The summed E-state index contributed by atoms with van der Waals surface area (Å²) in [4.78, 5) is 0. The lowest BCUT2D eigenvalue weighted by Gasteiger charge is -2.05. The maximum atomic E-state index is 5.23. The van der Waals surface area contributed by atoms with Crippen LogP contribution < -0.4 is 0 Å². The van der Waals surface area contributed by atoms with Gasteiger partial charge in [-0.3, -0.25) is 0 Å². The van der Waals surface area contributed by atoms with E-state index in [-0.39, 0.29) is 0 Å². The molecule has 1 aliphatic rings. The van der Waals surface area contributed by atoms with Gasteiger partial charge in [-0.2, -0.15) is 0 Å². The smallest absolute Gasteiger partial charge is 0.106 e. The number of benzene rings is 1. The van der Waals surface area contributed by atoms with E-state index < -0.39 is 0 Å². The minimum absolute atomic E-state index is 0.392. The highest BCUT2D eigenvalue weighted by Gasteiger charge is 2.24. The Bertz CT molecular complexity index is 257. The minimum Gasteiger partial charge on any atom is -0.368 e. The van der Waals surface area contributed by atoms with Crippen LogP contribution in [0.15, 0.2) is 24.3 Å². The molecule has 1 aromatic rings. The monoisotopic (exact) mass is 162 g/mol.